The molecule has 0 saturated carbocycles. The standard InChI is InChI=1S/C21H20O6/c1-12-9-14(26-20(12)21(23)24-2)11-25-13-7-8-18-16(10-13)19(22)15-5-3-4-6-17(15)27-18/h7-10H,3-6,11H2,1-2H3. The zero-order valence-electron chi connectivity index (χ0n) is 15.3. The number of hydrogen-bond donors (Lipinski definition) is 0. The number of aryl methyl sites for hydroxylation is 2. The lowest BCUT2D eigenvalue weighted by atomic mass is 9.96. The van der Waals surface area contributed by atoms with Gasteiger partial charge in [-0.1, -0.05) is 0 Å². The fourth-order valence-electron chi connectivity index (χ4n) is 3.46. The summed E-state index contributed by atoms with van der Waals surface area (Å²) in [7, 11) is 1.31. The number of fused-ring (bicyclic) bond motifs is 2. The van der Waals surface area contributed by atoms with Gasteiger partial charge in [0.15, 0.2) is 5.43 Å². The van der Waals surface area contributed by atoms with Crippen molar-refractivity contribution in [3.63, 3.8) is 0 Å². The van der Waals surface area contributed by atoms with Crippen LogP contribution in [0.4, 0.5) is 0 Å². The maximum atomic E-state index is 12.8. The van der Waals surface area contributed by atoms with Gasteiger partial charge >= 0.3 is 5.97 Å². The monoisotopic (exact) mass is 368 g/mol. The van der Waals surface area contributed by atoms with Crippen molar-refractivity contribution in [1.29, 1.82) is 0 Å². The Hall–Kier alpha value is -3.02. The maximum absolute atomic E-state index is 12.8. The van der Waals surface area contributed by atoms with E-state index >= 15 is 0 Å². The van der Waals surface area contributed by atoms with Crippen molar-refractivity contribution in [2.75, 3.05) is 7.11 Å². The lowest BCUT2D eigenvalue weighted by Crippen LogP contribution is -2.16. The number of carbonyl (C=O) groups excluding carboxylic acids is 1. The van der Waals surface area contributed by atoms with E-state index in [1.54, 1.807) is 31.2 Å². The highest BCUT2D eigenvalue weighted by Crippen LogP contribution is 2.26. The van der Waals surface area contributed by atoms with Crippen LogP contribution in [-0.4, -0.2) is 13.1 Å². The second-order valence-electron chi connectivity index (χ2n) is 6.70. The molecule has 0 unspecified atom stereocenters. The van der Waals surface area contributed by atoms with Gasteiger partial charge in [0.05, 0.1) is 12.5 Å². The fraction of sp³-hybridized carbons (Fsp3) is 0.333. The van der Waals surface area contributed by atoms with E-state index in [4.69, 9.17) is 13.6 Å². The minimum Gasteiger partial charge on any atom is -0.486 e. The van der Waals surface area contributed by atoms with E-state index in [0.717, 1.165) is 37.0 Å². The van der Waals surface area contributed by atoms with Crippen molar-refractivity contribution >= 4 is 16.9 Å². The fourth-order valence-corrected chi connectivity index (χ4v) is 3.46. The summed E-state index contributed by atoms with van der Waals surface area (Å²) in [5.74, 6) is 1.51. The van der Waals surface area contributed by atoms with Crippen LogP contribution in [0.5, 0.6) is 5.75 Å². The number of esters is 1. The molecule has 2 heterocycles. The highest BCUT2D eigenvalue weighted by atomic mass is 16.5. The number of rotatable bonds is 4. The number of methoxy groups -OCH3 is 1. The molecule has 0 N–H and O–H groups in total. The Kier molecular flexibility index (Phi) is 4.48. The van der Waals surface area contributed by atoms with Crippen molar-refractivity contribution in [2.45, 2.75) is 39.2 Å². The molecule has 4 rings (SSSR count). The van der Waals surface area contributed by atoms with Crippen LogP contribution >= 0.6 is 0 Å². The van der Waals surface area contributed by atoms with Gasteiger partial charge in [-0.25, -0.2) is 4.79 Å². The first-order valence-corrected chi connectivity index (χ1v) is 8.96. The number of carbonyl (C=O) groups is 1. The largest absolute Gasteiger partial charge is 0.486 e. The van der Waals surface area contributed by atoms with E-state index in [0.29, 0.717) is 28.0 Å². The molecule has 27 heavy (non-hydrogen) atoms. The van der Waals surface area contributed by atoms with Gasteiger partial charge in [0.1, 0.15) is 29.5 Å². The molecule has 1 aliphatic carbocycles. The van der Waals surface area contributed by atoms with Crippen LogP contribution in [0.3, 0.4) is 0 Å². The van der Waals surface area contributed by atoms with Crippen LogP contribution < -0.4 is 10.2 Å². The molecule has 1 aliphatic rings. The topological polar surface area (TPSA) is 78.9 Å². The zero-order chi connectivity index (χ0) is 19.0. The van der Waals surface area contributed by atoms with E-state index in [1.807, 2.05) is 0 Å². The predicted molar refractivity (Wildman–Crippen MR) is 98.2 cm³/mol. The van der Waals surface area contributed by atoms with Gasteiger partial charge in [-0.2, -0.15) is 0 Å². The molecule has 0 bridgehead atoms. The van der Waals surface area contributed by atoms with Gasteiger partial charge in [-0.3, -0.25) is 4.79 Å². The molecule has 0 aliphatic heterocycles. The molecule has 0 atom stereocenters. The first-order valence-electron chi connectivity index (χ1n) is 8.96. The molecule has 6 nitrogen and oxygen atoms in total. The predicted octanol–water partition coefficient (Wildman–Crippen LogP) is 3.94. The lowest BCUT2D eigenvalue weighted by molar-refractivity contribution is 0.0560. The van der Waals surface area contributed by atoms with Crippen molar-refractivity contribution in [2.24, 2.45) is 0 Å². The quantitative estimate of drug-likeness (QED) is 0.649. The second-order valence-corrected chi connectivity index (χ2v) is 6.70. The normalized spacial score (nSPS) is 13.4. The van der Waals surface area contributed by atoms with Gasteiger partial charge in [0, 0.05) is 17.5 Å². The molecular weight excluding hydrogens is 348 g/mol. The van der Waals surface area contributed by atoms with Crippen molar-refractivity contribution in [1.82, 2.24) is 0 Å². The van der Waals surface area contributed by atoms with Crippen LogP contribution in [0.2, 0.25) is 0 Å². The van der Waals surface area contributed by atoms with Gasteiger partial charge in [-0.05, 0) is 50.5 Å². The summed E-state index contributed by atoms with van der Waals surface area (Å²) in [5.41, 5.74) is 2.08. The van der Waals surface area contributed by atoms with Crippen LogP contribution in [0, 0.1) is 6.92 Å². The number of hydrogen-bond acceptors (Lipinski definition) is 6. The first-order chi connectivity index (χ1) is 13.1. The molecule has 140 valence electrons. The van der Waals surface area contributed by atoms with E-state index in [1.165, 1.54) is 7.11 Å². The maximum Gasteiger partial charge on any atom is 0.374 e. The Morgan fingerprint density at radius 3 is 2.78 bits per heavy atom. The van der Waals surface area contributed by atoms with Gasteiger partial charge < -0.3 is 18.3 Å². The molecule has 2 aromatic heterocycles. The van der Waals surface area contributed by atoms with Crippen LogP contribution in [0.15, 0.2) is 37.9 Å². The molecule has 1 aromatic carbocycles. The Morgan fingerprint density at radius 2 is 1.96 bits per heavy atom. The third-order valence-electron chi connectivity index (χ3n) is 4.84. The Labute approximate surface area is 155 Å². The van der Waals surface area contributed by atoms with Crippen molar-refractivity contribution < 1.29 is 23.1 Å². The summed E-state index contributed by atoms with van der Waals surface area (Å²) in [6.45, 7) is 1.91. The van der Waals surface area contributed by atoms with E-state index in [-0.39, 0.29) is 17.8 Å². The summed E-state index contributed by atoms with van der Waals surface area (Å²) in [5, 5.41) is 0.527. The summed E-state index contributed by atoms with van der Waals surface area (Å²) in [4.78, 5) is 24.4. The molecular formula is C21H20O6. The highest BCUT2D eigenvalue weighted by molar-refractivity contribution is 5.87. The average Bonchev–Trinajstić information content (AvgIpc) is 3.07. The van der Waals surface area contributed by atoms with Crippen molar-refractivity contribution in [3.8, 4) is 5.75 Å². The molecule has 0 saturated heterocycles. The van der Waals surface area contributed by atoms with E-state index < -0.39 is 5.97 Å². The summed E-state index contributed by atoms with van der Waals surface area (Å²) in [6, 6.07) is 6.96. The average molecular weight is 368 g/mol. The van der Waals surface area contributed by atoms with Crippen LogP contribution in [0.25, 0.3) is 11.0 Å². The summed E-state index contributed by atoms with van der Waals surface area (Å²) < 4.78 is 21.8. The van der Waals surface area contributed by atoms with Crippen molar-refractivity contribution in [3.05, 3.63) is 62.9 Å². The molecule has 0 spiro atoms. The highest BCUT2D eigenvalue weighted by Gasteiger charge is 2.19. The van der Waals surface area contributed by atoms with E-state index in [2.05, 4.69) is 4.74 Å². The zero-order valence-corrected chi connectivity index (χ0v) is 15.3. The third-order valence-corrected chi connectivity index (χ3v) is 4.84. The Morgan fingerprint density at radius 1 is 1.15 bits per heavy atom. The Balaban J connectivity index is 1.59. The molecule has 0 fully saturated rings. The lowest BCUT2D eigenvalue weighted by Gasteiger charge is -2.14. The van der Waals surface area contributed by atoms with Gasteiger partial charge in [-0.15, -0.1) is 0 Å². The number of ether oxygens (including phenoxy) is 2. The van der Waals surface area contributed by atoms with Crippen LogP contribution in [0.1, 0.15) is 46.0 Å². The third kappa shape index (κ3) is 3.23. The smallest absolute Gasteiger partial charge is 0.374 e. The first kappa shape index (κ1) is 17.4. The molecule has 3 aromatic rings. The summed E-state index contributed by atoms with van der Waals surface area (Å²) >= 11 is 0. The SMILES string of the molecule is COC(=O)c1oc(COc2ccc3oc4c(c(=O)c3c2)CCCC4)cc1C. The minimum absolute atomic E-state index is 0.0261. The summed E-state index contributed by atoms with van der Waals surface area (Å²) in [6.07, 6.45) is 3.65. The van der Waals surface area contributed by atoms with Crippen LogP contribution in [-0.2, 0) is 24.2 Å². The minimum atomic E-state index is -0.521. The number of furan rings is 1. The molecule has 6 heteroatoms. The molecule has 0 radical (unpaired) electrons. The molecule has 0 amide bonds. The van der Waals surface area contributed by atoms with Gasteiger partial charge in [0.25, 0.3) is 0 Å². The van der Waals surface area contributed by atoms with E-state index in [9.17, 15) is 9.59 Å². The van der Waals surface area contributed by atoms with Gasteiger partial charge in [0.2, 0.25) is 5.76 Å². The number of benzene rings is 1. The second kappa shape index (κ2) is 6.95. The Bertz CT molecular complexity index is 1070.